The summed E-state index contributed by atoms with van der Waals surface area (Å²) in [6, 6.07) is 18.7. The molecule has 1 aliphatic rings. The second-order valence-electron chi connectivity index (χ2n) is 6.31. The summed E-state index contributed by atoms with van der Waals surface area (Å²) < 4.78 is 0.696. The van der Waals surface area contributed by atoms with Gasteiger partial charge in [-0.1, -0.05) is 35.9 Å². The van der Waals surface area contributed by atoms with Crippen LogP contribution in [-0.2, 0) is 4.79 Å². The molecule has 1 amide bonds. The summed E-state index contributed by atoms with van der Waals surface area (Å²) in [7, 11) is 0. The summed E-state index contributed by atoms with van der Waals surface area (Å²) in [4.78, 5) is 20.1. The van der Waals surface area contributed by atoms with Crippen LogP contribution < -0.4 is 10.6 Å². The maximum atomic E-state index is 12.7. The molecule has 0 radical (unpaired) electrons. The van der Waals surface area contributed by atoms with Crippen LogP contribution in [0, 0.1) is 0 Å². The maximum Gasteiger partial charge on any atom is 0.244 e. The van der Waals surface area contributed by atoms with E-state index in [4.69, 9.17) is 23.8 Å². The first kappa shape index (κ1) is 18.9. The lowest BCUT2D eigenvalue weighted by Crippen LogP contribution is -2.36. The Labute approximate surface area is 177 Å². The Bertz CT molecular complexity index is 980. The molecule has 4 rings (SSSR count). The average Bonchev–Trinajstić information content (AvgIpc) is 3.26. The van der Waals surface area contributed by atoms with Gasteiger partial charge in [0.15, 0.2) is 5.11 Å². The first-order valence-corrected chi connectivity index (χ1v) is 10.3. The molecule has 1 fully saturated rings. The SMILES string of the molecule is O=C(CN1C(=S)N[C@@H](c2ccccn2)[C@H]1c1ccc(Cl)s1)Nc1ccccc1. The number of para-hydroxylation sites is 1. The number of benzene rings is 1. The number of carbonyl (C=O) groups excluding carboxylic acids is 1. The maximum absolute atomic E-state index is 12.7. The quantitative estimate of drug-likeness (QED) is 0.589. The fraction of sp³-hybridized carbons (Fsp3) is 0.150. The van der Waals surface area contributed by atoms with E-state index in [0.29, 0.717) is 9.45 Å². The third kappa shape index (κ3) is 4.01. The standard InChI is InChI=1S/C20H17ClN4OS2/c21-16-10-9-15(28-16)19-18(14-8-4-5-11-22-14)24-20(27)25(19)12-17(26)23-13-6-2-1-3-7-13/h1-11,18-19H,12H2,(H,23,26)(H,24,27)/t18-,19+/m0/s1. The van der Waals surface area contributed by atoms with Crippen LogP contribution in [0.2, 0.25) is 4.34 Å². The lowest BCUT2D eigenvalue weighted by molar-refractivity contribution is -0.116. The largest absolute Gasteiger partial charge is 0.352 e. The molecule has 0 spiro atoms. The molecule has 28 heavy (non-hydrogen) atoms. The molecule has 2 aromatic heterocycles. The molecule has 1 aliphatic heterocycles. The van der Waals surface area contributed by atoms with Gasteiger partial charge in [0.1, 0.15) is 6.54 Å². The minimum Gasteiger partial charge on any atom is -0.352 e. The number of halogens is 1. The third-order valence-corrected chi connectivity index (χ3v) is 6.11. The van der Waals surface area contributed by atoms with Gasteiger partial charge in [-0.2, -0.15) is 0 Å². The van der Waals surface area contributed by atoms with Gasteiger partial charge in [0, 0.05) is 16.8 Å². The van der Waals surface area contributed by atoms with Crippen LogP contribution in [0.15, 0.2) is 66.9 Å². The smallest absolute Gasteiger partial charge is 0.244 e. The lowest BCUT2D eigenvalue weighted by atomic mass is 10.0. The summed E-state index contributed by atoms with van der Waals surface area (Å²) in [6.07, 6.45) is 1.75. The molecular weight excluding hydrogens is 412 g/mol. The number of thiocarbonyl (C=S) groups is 1. The van der Waals surface area contributed by atoms with E-state index < -0.39 is 0 Å². The highest BCUT2D eigenvalue weighted by atomic mass is 35.5. The third-order valence-electron chi connectivity index (χ3n) is 4.45. The second-order valence-corrected chi connectivity index (χ2v) is 8.44. The van der Waals surface area contributed by atoms with Crippen molar-refractivity contribution >= 4 is 51.9 Å². The highest BCUT2D eigenvalue weighted by Crippen LogP contribution is 2.41. The van der Waals surface area contributed by atoms with Crippen LogP contribution >= 0.6 is 35.2 Å². The highest BCUT2D eigenvalue weighted by molar-refractivity contribution is 7.80. The normalized spacial score (nSPS) is 18.8. The monoisotopic (exact) mass is 428 g/mol. The zero-order valence-corrected chi connectivity index (χ0v) is 17.1. The van der Waals surface area contributed by atoms with Crippen LogP contribution in [0.25, 0.3) is 0 Å². The Morgan fingerprint density at radius 1 is 1.18 bits per heavy atom. The van der Waals surface area contributed by atoms with Gasteiger partial charge < -0.3 is 15.5 Å². The van der Waals surface area contributed by atoms with Crippen molar-refractivity contribution in [1.82, 2.24) is 15.2 Å². The van der Waals surface area contributed by atoms with Crippen LogP contribution in [0.3, 0.4) is 0 Å². The summed E-state index contributed by atoms with van der Waals surface area (Å²) in [5, 5.41) is 6.76. The number of thiophene rings is 1. The summed E-state index contributed by atoms with van der Waals surface area (Å²) in [5.41, 5.74) is 1.62. The van der Waals surface area contributed by atoms with Crippen molar-refractivity contribution in [2.45, 2.75) is 12.1 Å². The Kier molecular flexibility index (Phi) is 5.57. The van der Waals surface area contributed by atoms with Gasteiger partial charge in [-0.3, -0.25) is 9.78 Å². The number of rotatable bonds is 5. The van der Waals surface area contributed by atoms with Gasteiger partial charge >= 0.3 is 0 Å². The molecule has 1 saturated heterocycles. The molecule has 142 valence electrons. The molecule has 5 nitrogen and oxygen atoms in total. The van der Waals surface area contributed by atoms with Gasteiger partial charge in [-0.05, 0) is 48.6 Å². The summed E-state index contributed by atoms with van der Waals surface area (Å²) in [6.45, 7) is 0.129. The molecular formula is C20H17ClN4OS2. The van der Waals surface area contributed by atoms with Crippen LogP contribution in [0.4, 0.5) is 5.69 Å². The average molecular weight is 429 g/mol. The second kappa shape index (κ2) is 8.26. The van der Waals surface area contributed by atoms with E-state index in [1.54, 1.807) is 6.20 Å². The number of pyridine rings is 1. The van der Waals surface area contributed by atoms with E-state index in [-0.39, 0.29) is 24.5 Å². The number of hydrogen-bond donors (Lipinski definition) is 2. The lowest BCUT2D eigenvalue weighted by Gasteiger charge is -2.26. The van der Waals surface area contributed by atoms with Gasteiger partial charge in [0.05, 0.1) is 22.1 Å². The number of amides is 1. The number of nitrogens with zero attached hydrogens (tertiary/aromatic N) is 2. The zero-order chi connectivity index (χ0) is 19.5. The van der Waals surface area contributed by atoms with Gasteiger partial charge in [0.2, 0.25) is 5.91 Å². The predicted molar refractivity (Wildman–Crippen MR) is 117 cm³/mol. The van der Waals surface area contributed by atoms with E-state index in [1.807, 2.05) is 65.6 Å². The fourth-order valence-corrected chi connectivity index (χ4v) is 4.77. The number of nitrogens with one attached hydrogen (secondary N) is 2. The van der Waals surface area contributed by atoms with E-state index in [2.05, 4.69) is 15.6 Å². The molecule has 2 atom stereocenters. The highest BCUT2D eigenvalue weighted by Gasteiger charge is 2.41. The van der Waals surface area contributed by atoms with E-state index >= 15 is 0 Å². The topological polar surface area (TPSA) is 57.3 Å². The van der Waals surface area contributed by atoms with Crippen molar-refractivity contribution in [1.29, 1.82) is 0 Å². The number of carbonyl (C=O) groups is 1. The van der Waals surface area contributed by atoms with Crippen LogP contribution in [0.5, 0.6) is 0 Å². The number of aromatic nitrogens is 1. The Hall–Kier alpha value is -2.48. The minimum absolute atomic E-state index is 0.129. The van der Waals surface area contributed by atoms with E-state index in [0.717, 1.165) is 16.3 Å². The molecule has 3 heterocycles. The van der Waals surface area contributed by atoms with E-state index in [9.17, 15) is 4.79 Å². The Balaban J connectivity index is 1.61. The first-order valence-electron chi connectivity index (χ1n) is 8.70. The summed E-state index contributed by atoms with van der Waals surface area (Å²) in [5.74, 6) is -0.135. The van der Waals surface area contributed by atoms with Crippen molar-refractivity contribution in [3.05, 3.63) is 81.8 Å². The van der Waals surface area contributed by atoms with Crippen molar-refractivity contribution in [2.75, 3.05) is 11.9 Å². The van der Waals surface area contributed by atoms with Crippen LogP contribution in [-0.4, -0.2) is 27.4 Å². The molecule has 2 N–H and O–H groups in total. The molecule has 1 aromatic carbocycles. The number of anilines is 1. The first-order chi connectivity index (χ1) is 13.6. The van der Waals surface area contributed by atoms with Crippen LogP contribution in [0.1, 0.15) is 22.7 Å². The molecule has 8 heteroatoms. The number of hydrogen-bond acceptors (Lipinski definition) is 4. The molecule has 0 bridgehead atoms. The van der Waals surface area contributed by atoms with Gasteiger partial charge in [-0.25, -0.2) is 0 Å². The summed E-state index contributed by atoms with van der Waals surface area (Å²) >= 11 is 13.2. The Morgan fingerprint density at radius 3 is 2.64 bits per heavy atom. The van der Waals surface area contributed by atoms with Crippen molar-refractivity contribution in [2.24, 2.45) is 0 Å². The van der Waals surface area contributed by atoms with Crippen molar-refractivity contribution < 1.29 is 4.79 Å². The van der Waals surface area contributed by atoms with E-state index in [1.165, 1.54) is 11.3 Å². The predicted octanol–water partition coefficient (Wildman–Crippen LogP) is 4.41. The Morgan fingerprint density at radius 2 is 1.96 bits per heavy atom. The molecule has 0 aliphatic carbocycles. The fourth-order valence-electron chi connectivity index (χ4n) is 3.25. The molecule has 3 aromatic rings. The molecule has 0 saturated carbocycles. The molecule has 0 unspecified atom stereocenters. The minimum atomic E-state index is -0.165. The zero-order valence-electron chi connectivity index (χ0n) is 14.7. The van der Waals surface area contributed by atoms with Gasteiger partial charge in [-0.15, -0.1) is 11.3 Å². The van der Waals surface area contributed by atoms with Gasteiger partial charge in [0.25, 0.3) is 0 Å². The van der Waals surface area contributed by atoms with Crippen molar-refractivity contribution in [3.8, 4) is 0 Å². The van der Waals surface area contributed by atoms with Crippen molar-refractivity contribution in [3.63, 3.8) is 0 Å².